The normalized spacial score (nSPS) is 12.8. The van der Waals surface area contributed by atoms with Crippen LogP contribution in [0.25, 0.3) is 0 Å². The lowest BCUT2D eigenvalue weighted by Gasteiger charge is -2.21. The molecule has 118 valence electrons. The molecule has 1 aliphatic rings. The van der Waals surface area contributed by atoms with E-state index in [1.807, 2.05) is 6.07 Å². The summed E-state index contributed by atoms with van der Waals surface area (Å²) >= 11 is 0. The third kappa shape index (κ3) is 2.52. The standard InChI is InChI=1S/C18H13N3O3/c1-20(13-6-4-5-12(9-13)10-19)16(22)11-21-17(23)14-7-2-3-8-15(14)18(21)24/h2-9H,11H2,1H3. The van der Waals surface area contributed by atoms with Crippen LogP contribution in [0.2, 0.25) is 0 Å². The van der Waals surface area contributed by atoms with E-state index in [9.17, 15) is 14.4 Å². The highest BCUT2D eigenvalue weighted by molar-refractivity contribution is 6.22. The molecule has 0 radical (unpaired) electrons. The minimum Gasteiger partial charge on any atom is -0.314 e. The van der Waals surface area contributed by atoms with Gasteiger partial charge in [-0.1, -0.05) is 18.2 Å². The van der Waals surface area contributed by atoms with Crippen molar-refractivity contribution in [2.75, 3.05) is 18.5 Å². The van der Waals surface area contributed by atoms with Crippen LogP contribution in [0.4, 0.5) is 5.69 Å². The number of carbonyl (C=O) groups excluding carboxylic acids is 3. The number of nitriles is 1. The third-order valence-corrected chi connectivity index (χ3v) is 3.91. The van der Waals surface area contributed by atoms with Gasteiger partial charge >= 0.3 is 0 Å². The maximum atomic E-state index is 12.4. The van der Waals surface area contributed by atoms with Crippen LogP contribution in [0, 0.1) is 11.3 Å². The van der Waals surface area contributed by atoms with E-state index in [2.05, 4.69) is 0 Å². The van der Waals surface area contributed by atoms with Gasteiger partial charge in [-0.15, -0.1) is 0 Å². The molecule has 1 aliphatic heterocycles. The van der Waals surface area contributed by atoms with E-state index in [0.717, 1.165) is 4.90 Å². The molecule has 0 bridgehead atoms. The van der Waals surface area contributed by atoms with Crippen molar-refractivity contribution in [1.82, 2.24) is 4.90 Å². The molecule has 2 aromatic carbocycles. The Labute approximate surface area is 138 Å². The number of nitrogens with zero attached hydrogens (tertiary/aromatic N) is 3. The van der Waals surface area contributed by atoms with Gasteiger partial charge in [0.2, 0.25) is 5.91 Å². The Hall–Kier alpha value is -3.46. The fourth-order valence-corrected chi connectivity index (χ4v) is 2.55. The summed E-state index contributed by atoms with van der Waals surface area (Å²) in [7, 11) is 1.54. The van der Waals surface area contributed by atoms with Crippen molar-refractivity contribution in [3.63, 3.8) is 0 Å². The van der Waals surface area contributed by atoms with Crippen LogP contribution in [-0.4, -0.2) is 36.2 Å². The Balaban J connectivity index is 1.79. The Morgan fingerprint density at radius 3 is 2.29 bits per heavy atom. The number of amides is 3. The fourth-order valence-electron chi connectivity index (χ4n) is 2.55. The topological polar surface area (TPSA) is 81.5 Å². The third-order valence-electron chi connectivity index (χ3n) is 3.91. The molecule has 0 aliphatic carbocycles. The molecule has 0 saturated heterocycles. The second-order valence-corrected chi connectivity index (χ2v) is 5.36. The maximum absolute atomic E-state index is 12.4. The first-order valence-corrected chi connectivity index (χ1v) is 7.25. The van der Waals surface area contributed by atoms with Crippen molar-refractivity contribution < 1.29 is 14.4 Å². The summed E-state index contributed by atoms with van der Waals surface area (Å²) in [6.45, 7) is -0.348. The molecule has 0 unspecified atom stereocenters. The zero-order chi connectivity index (χ0) is 17.3. The zero-order valence-corrected chi connectivity index (χ0v) is 12.9. The lowest BCUT2D eigenvalue weighted by molar-refractivity contribution is -0.118. The van der Waals surface area contributed by atoms with Gasteiger partial charge in [-0.3, -0.25) is 19.3 Å². The van der Waals surface area contributed by atoms with E-state index in [1.54, 1.807) is 48.5 Å². The van der Waals surface area contributed by atoms with Crippen molar-refractivity contribution in [2.24, 2.45) is 0 Å². The number of hydrogen-bond donors (Lipinski definition) is 0. The van der Waals surface area contributed by atoms with Crippen LogP contribution in [0.1, 0.15) is 26.3 Å². The van der Waals surface area contributed by atoms with Crippen molar-refractivity contribution in [2.45, 2.75) is 0 Å². The van der Waals surface area contributed by atoms with Gasteiger partial charge in [0, 0.05) is 12.7 Å². The molecular formula is C18H13N3O3. The Kier molecular flexibility index (Phi) is 3.84. The van der Waals surface area contributed by atoms with E-state index < -0.39 is 17.7 Å². The number of carbonyl (C=O) groups is 3. The van der Waals surface area contributed by atoms with Gasteiger partial charge < -0.3 is 4.90 Å². The van der Waals surface area contributed by atoms with Crippen molar-refractivity contribution in [3.05, 3.63) is 65.2 Å². The quantitative estimate of drug-likeness (QED) is 0.808. The number of benzene rings is 2. The van der Waals surface area contributed by atoms with E-state index in [1.165, 1.54) is 11.9 Å². The molecule has 3 amide bonds. The molecule has 24 heavy (non-hydrogen) atoms. The van der Waals surface area contributed by atoms with Gasteiger partial charge in [-0.05, 0) is 30.3 Å². The summed E-state index contributed by atoms with van der Waals surface area (Å²) in [5.74, 6) is -1.36. The maximum Gasteiger partial charge on any atom is 0.262 e. The van der Waals surface area contributed by atoms with Crippen molar-refractivity contribution in [1.29, 1.82) is 5.26 Å². The first kappa shape index (κ1) is 15.4. The van der Waals surface area contributed by atoms with Gasteiger partial charge in [0.1, 0.15) is 6.54 Å². The number of hydrogen-bond acceptors (Lipinski definition) is 4. The van der Waals surface area contributed by atoms with E-state index in [0.29, 0.717) is 22.4 Å². The van der Waals surface area contributed by atoms with Crippen molar-refractivity contribution >= 4 is 23.4 Å². The number of rotatable bonds is 3. The van der Waals surface area contributed by atoms with Crippen LogP contribution >= 0.6 is 0 Å². The van der Waals surface area contributed by atoms with E-state index in [4.69, 9.17) is 5.26 Å². The summed E-state index contributed by atoms with van der Waals surface area (Å²) in [6.07, 6.45) is 0. The summed E-state index contributed by atoms with van der Waals surface area (Å²) in [5, 5.41) is 8.93. The largest absolute Gasteiger partial charge is 0.314 e. The molecule has 0 saturated carbocycles. The predicted molar refractivity (Wildman–Crippen MR) is 86.4 cm³/mol. The molecular weight excluding hydrogens is 306 g/mol. The molecule has 6 nitrogen and oxygen atoms in total. The van der Waals surface area contributed by atoms with Crippen molar-refractivity contribution in [3.8, 4) is 6.07 Å². The minimum absolute atomic E-state index is 0.310. The number of fused-ring (bicyclic) bond motifs is 1. The summed E-state index contributed by atoms with van der Waals surface area (Å²) < 4.78 is 0. The molecule has 0 aromatic heterocycles. The highest BCUT2D eigenvalue weighted by atomic mass is 16.2. The molecule has 1 heterocycles. The molecule has 3 rings (SSSR count). The van der Waals surface area contributed by atoms with Crippen LogP contribution in [0.15, 0.2) is 48.5 Å². The number of anilines is 1. The first-order valence-electron chi connectivity index (χ1n) is 7.25. The predicted octanol–water partition coefficient (Wildman–Crippen LogP) is 1.82. The van der Waals surface area contributed by atoms with Crippen LogP contribution < -0.4 is 4.90 Å². The molecule has 0 N–H and O–H groups in total. The molecule has 2 aromatic rings. The van der Waals surface area contributed by atoms with Crippen LogP contribution in [-0.2, 0) is 4.79 Å². The van der Waals surface area contributed by atoms with Crippen LogP contribution in [0.5, 0.6) is 0 Å². The fraction of sp³-hybridized carbons (Fsp3) is 0.111. The molecule has 6 heteroatoms. The zero-order valence-electron chi connectivity index (χ0n) is 12.9. The molecule has 0 atom stereocenters. The average Bonchev–Trinajstić information content (AvgIpc) is 2.86. The number of imide groups is 1. The van der Waals surface area contributed by atoms with Gasteiger partial charge in [0.15, 0.2) is 0 Å². The van der Waals surface area contributed by atoms with E-state index >= 15 is 0 Å². The first-order chi connectivity index (χ1) is 11.5. The summed E-state index contributed by atoms with van der Waals surface area (Å²) in [4.78, 5) is 39.3. The van der Waals surface area contributed by atoms with Gasteiger partial charge in [0.25, 0.3) is 11.8 Å². The van der Waals surface area contributed by atoms with E-state index in [-0.39, 0.29) is 6.54 Å². The second-order valence-electron chi connectivity index (χ2n) is 5.36. The van der Waals surface area contributed by atoms with Crippen LogP contribution in [0.3, 0.4) is 0 Å². The smallest absolute Gasteiger partial charge is 0.262 e. The average molecular weight is 319 g/mol. The van der Waals surface area contributed by atoms with Gasteiger partial charge in [-0.25, -0.2) is 0 Å². The van der Waals surface area contributed by atoms with Gasteiger partial charge in [-0.2, -0.15) is 5.26 Å². The molecule has 0 spiro atoms. The lowest BCUT2D eigenvalue weighted by atomic mass is 10.1. The minimum atomic E-state index is -0.469. The monoisotopic (exact) mass is 319 g/mol. The Bertz CT molecular complexity index is 863. The summed E-state index contributed by atoms with van der Waals surface area (Å²) in [5.41, 5.74) is 1.57. The van der Waals surface area contributed by atoms with Gasteiger partial charge in [0.05, 0.1) is 22.8 Å². The lowest BCUT2D eigenvalue weighted by Crippen LogP contribution is -2.41. The Morgan fingerprint density at radius 2 is 1.71 bits per heavy atom. The summed E-state index contributed by atoms with van der Waals surface area (Å²) in [6, 6.07) is 15.0. The Morgan fingerprint density at radius 1 is 1.08 bits per heavy atom. The molecule has 0 fully saturated rings. The SMILES string of the molecule is CN(C(=O)CN1C(=O)c2ccccc2C1=O)c1cccc(C#N)c1. The number of likely N-dealkylation sites (N-methyl/N-ethyl adjacent to an activating group) is 1. The second kappa shape index (κ2) is 5.97. The highest BCUT2D eigenvalue weighted by Gasteiger charge is 2.36. The highest BCUT2D eigenvalue weighted by Crippen LogP contribution is 2.23.